The molecular formula is C10H18N2O2S. The number of thiocarbonyl (C=S) groups is 1. The zero-order valence-corrected chi connectivity index (χ0v) is 10.3. The number of nitrogens with zero attached hydrogens (tertiary/aromatic N) is 1. The lowest BCUT2D eigenvalue weighted by atomic mass is 9.92. The van der Waals surface area contributed by atoms with Crippen LogP contribution in [0.5, 0.6) is 0 Å². The highest BCUT2D eigenvalue weighted by Crippen LogP contribution is 2.20. The summed E-state index contributed by atoms with van der Waals surface area (Å²) in [6.07, 6.45) is 0.725. The molecule has 1 heterocycles. The smallest absolute Gasteiger partial charge is 0.413 e. The van der Waals surface area contributed by atoms with Gasteiger partial charge in [0.1, 0.15) is 0 Å². The minimum atomic E-state index is -0.495. The highest BCUT2D eigenvalue weighted by Gasteiger charge is 2.24. The molecule has 86 valence electrons. The van der Waals surface area contributed by atoms with Gasteiger partial charge in [-0.2, -0.15) is 0 Å². The summed E-state index contributed by atoms with van der Waals surface area (Å²) in [5.74, 6) is 1.23. The molecule has 4 nitrogen and oxygen atoms in total. The van der Waals surface area contributed by atoms with Gasteiger partial charge in [-0.15, -0.1) is 0 Å². The minimum Gasteiger partial charge on any atom is -0.453 e. The van der Waals surface area contributed by atoms with Crippen molar-refractivity contribution in [2.24, 2.45) is 11.8 Å². The molecule has 1 saturated heterocycles. The van der Waals surface area contributed by atoms with E-state index in [-0.39, 0.29) is 0 Å². The quantitative estimate of drug-likeness (QED) is 0.642. The lowest BCUT2D eigenvalue weighted by Gasteiger charge is -2.36. The zero-order chi connectivity index (χ0) is 11.4. The SMILES string of the molecule is COC(=O)NC(=S)N1CC(C)CC(C)C1. The molecule has 1 aliphatic heterocycles. The summed E-state index contributed by atoms with van der Waals surface area (Å²) < 4.78 is 4.50. The molecule has 5 heteroatoms. The first-order chi connectivity index (χ1) is 7.02. The second-order valence-corrected chi connectivity index (χ2v) is 4.66. The second-order valence-electron chi connectivity index (χ2n) is 4.27. The van der Waals surface area contributed by atoms with E-state index in [9.17, 15) is 4.79 Å². The zero-order valence-electron chi connectivity index (χ0n) is 9.45. The van der Waals surface area contributed by atoms with Crippen LogP contribution in [0.2, 0.25) is 0 Å². The lowest BCUT2D eigenvalue weighted by Crippen LogP contribution is -2.48. The van der Waals surface area contributed by atoms with Gasteiger partial charge >= 0.3 is 6.09 Å². The summed E-state index contributed by atoms with van der Waals surface area (Å²) in [5, 5.41) is 3.01. The third kappa shape index (κ3) is 3.66. The first-order valence-electron chi connectivity index (χ1n) is 5.16. The standard InChI is InChI=1S/C10H18N2O2S/c1-7-4-8(2)6-12(5-7)9(15)11-10(13)14-3/h7-8H,4-6H2,1-3H3,(H,11,13,15). The predicted molar refractivity (Wildman–Crippen MR) is 62.7 cm³/mol. The van der Waals surface area contributed by atoms with E-state index >= 15 is 0 Å². The Kier molecular flexibility index (Phi) is 4.32. The van der Waals surface area contributed by atoms with E-state index in [1.807, 2.05) is 4.90 Å². The van der Waals surface area contributed by atoms with Gasteiger partial charge in [-0.25, -0.2) is 4.79 Å². The van der Waals surface area contributed by atoms with Gasteiger partial charge in [0.25, 0.3) is 0 Å². The van der Waals surface area contributed by atoms with E-state index in [0.717, 1.165) is 13.1 Å². The molecule has 0 saturated carbocycles. The summed E-state index contributed by atoms with van der Waals surface area (Å²) in [6.45, 7) is 6.22. The van der Waals surface area contributed by atoms with E-state index in [1.54, 1.807) is 0 Å². The Bertz CT molecular complexity index is 248. The highest BCUT2D eigenvalue weighted by atomic mass is 32.1. The molecule has 0 spiro atoms. The number of carbonyl (C=O) groups is 1. The Balaban J connectivity index is 2.48. The van der Waals surface area contributed by atoms with Gasteiger partial charge in [-0.1, -0.05) is 13.8 Å². The molecule has 2 unspecified atom stereocenters. The van der Waals surface area contributed by atoms with Gasteiger partial charge in [-0.3, -0.25) is 5.32 Å². The van der Waals surface area contributed by atoms with Crippen molar-refractivity contribution in [3.05, 3.63) is 0 Å². The van der Waals surface area contributed by atoms with Crippen LogP contribution in [0.25, 0.3) is 0 Å². The fourth-order valence-electron chi connectivity index (χ4n) is 2.05. The number of piperidine rings is 1. The van der Waals surface area contributed by atoms with Crippen molar-refractivity contribution in [1.29, 1.82) is 0 Å². The van der Waals surface area contributed by atoms with E-state index in [2.05, 4.69) is 23.9 Å². The second kappa shape index (κ2) is 5.30. The van der Waals surface area contributed by atoms with E-state index < -0.39 is 6.09 Å². The Hall–Kier alpha value is -0.840. The number of hydrogen-bond acceptors (Lipinski definition) is 3. The molecule has 0 aliphatic carbocycles. The van der Waals surface area contributed by atoms with Crippen LogP contribution < -0.4 is 5.32 Å². The molecule has 0 radical (unpaired) electrons. The van der Waals surface area contributed by atoms with Crippen LogP contribution in [0.3, 0.4) is 0 Å². The number of methoxy groups -OCH3 is 1. The third-order valence-electron chi connectivity index (χ3n) is 2.55. The summed E-state index contributed by atoms with van der Waals surface area (Å²) >= 11 is 5.14. The van der Waals surface area contributed by atoms with Crippen molar-refractivity contribution < 1.29 is 9.53 Å². The van der Waals surface area contributed by atoms with Crippen molar-refractivity contribution in [2.75, 3.05) is 20.2 Å². The average Bonchev–Trinajstić information content (AvgIpc) is 2.16. The lowest BCUT2D eigenvalue weighted by molar-refractivity contribution is 0.171. The fraction of sp³-hybridized carbons (Fsp3) is 0.800. The Morgan fingerprint density at radius 2 is 1.93 bits per heavy atom. The number of alkyl carbamates (subject to hydrolysis) is 1. The van der Waals surface area contributed by atoms with Crippen LogP contribution in [-0.2, 0) is 4.74 Å². The molecule has 1 aliphatic rings. The van der Waals surface area contributed by atoms with Crippen LogP contribution in [0.15, 0.2) is 0 Å². The number of ether oxygens (including phenoxy) is 1. The number of hydrogen-bond donors (Lipinski definition) is 1. The predicted octanol–water partition coefficient (Wildman–Crippen LogP) is 1.61. The molecule has 1 rings (SSSR count). The van der Waals surface area contributed by atoms with Gasteiger partial charge in [-0.05, 0) is 30.5 Å². The number of carbonyl (C=O) groups excluding carboxylic acids is 1. The summed E-state index contributed by atoms with van der Waals surface area (Å²) in [6, 6.07) is 0. The summed E-state index contributed by atoms with van der Waals surface area (Å²) in [5.41, 5.74) is 0. The molecule has 0 aromatic heterocycles. The monoisotopic (exact) mass is 230 g/mol. The van der Waals surface area contributed by atoms with Crippen molar-refractivity contribution in [3.8, 4) is 0 Å². The Morgan fingerprint density at radius 1 is 1.40 bits per heavy atom. The molecule has 15 heavy (non-hydrogen) atoms. The van der Waals surface area contributed by atoms with Crippen LogP contribution in [0.4, 0.5) is 4.79 Å². The van der Waals surface area contributed by atoms with Gasteiger partial charge in [0, 0.05) is 13.1 Å². The molecular weight excluding hydrogens is 212 g/mol. The Labute approximate surface area is 96.0 Å². The highest BCUT2D eigenvalue weighted by molar-refractivity contribution is 7.80. The molecule has 1 N–H and O–H groups in total. The minimum absolute atomic E-state index is 0.472. The molecule has 1 amide bonds. The summed E-state index contributed by atoms with van der Waals surface area (Å²) in [7, 11) is 1.33. The first-order valence-corrected chi connectivity index (χ1v) is 5.57. The maximum atomic E-state index is 11.0. The molecule has 0 aromatic carbocycles. The molecule has 0 bridgehead atoms. The molecule has 0 aromatic rings. The van der Waals surface area contributed by atoms with Crippen LogP contribution >= 0.6 is 12.2 Å². The number of likely N-dealkylation sites (tertiary alicyclic amines) is 1. The van der Waals surface area contributed by atoms with E-state index in [0.29, 0.717) is 16.9 Å². The van der Waals surface area contributed by atoms with Crippen molar-refractivity contribution in [1.82, 2.24) is 10.2 Å². The number of rotatable bonds is 0. The molecule has 2 atom stereocenters. The van der Waals surface area contributed by atoms with Crippen molar-refractivity contribution >= 4 is 23.4 Å². The summed E-state index contributed by atoms with van der Waals surface area (Å²) in [4.78, 5) is 13.0. The van der Waals surface area contributed by atoms with E-state index in [4.69, 9.17) is 12.2 Å². The van der Waals surface area contributed by atoms with E-state index in [1.165, 1.54) is 13.5 Å². The largest absolute Gasteiger partial charge is 0.453 e. The Morgan fingerprint density at radius 3 is 2.40 bits per heavy atom. The topological polar surface area (TPSA) is 41.6 Å². The van der Waals surface area contributed by atoms with Crippen molar-refractivity contribution in [2.45, 2.75) is 20.3 Å². The fourth-order valence-corrected chi connectivity index (χ4v) is 2.28. The number of nitrogens with one attached hydrogen (secondary N) is 1. The van der Waals surface area contributed by atoms with Crippen LogP contribution in [0.1, 0.15) is 20.3 Å². The van der Waals surface area contributed by atoms with Gasteiger partial charge in [0.15, 0.2) is 5.11 Å². The average molecular weight is 230 g/mol. The number of amides is 1. The normalized spacial score (nSPS) is 25.9. The molecule has 1 fully saturated rings. The van der Waals surface area contributed by atoms with Crippen LogP contribution in [-0.4, -0.2) is 36.3 Å². The van der Waals surface area contributed by atoms with Crippen LogP contribution in [0, 0.1) is 11.8 Å². The van der Waals surface area contributed by atoms with Gasteiger partial charge < -0.3 is 9.64 Å². The van der Waals surface area contributed by atoms with Crippen molar-refractivity contribution in [3.63, 3.8) is 0 Å². The maximum absolute atomic E-state index is 11.0. The third-order valence-corrected chi connectivity index (χ3v) is 2.91. The van der Waals surface area contributed by atoms with Gasteiger partial charge in [0.2, 0.25) is 0 Å². The van der Waals surface area contributed by atoms with Gasteiger partial charge in [0.05, 0.1) is 7.11 Å². The maximum Gasteiger partial charge on any atom is 0.413 e. The first kappa shape index (κ1) is 12.2.